The van der Waals surface area contributed by atoms with Crippen molar-refractivity contribution in [3.8, 4) is 39.1 Å². The highest BCUT2D eigenvalue weighted by Gasteiger charge is 2.36. The maximum atomic E-state index is 2.49. The molecule has 1 heterocycles. The molecule has 12 aromatic rings. The summed E-state index contributed by atoms with van der Waals surface area (Å²) in [6.07, 6.45) is 0. The summed E-state index contributed by atoms with van der Waals surface area (Å²) in [5, 5.41) is 10.3. The van der Waals surface area contributed by atoms with Gasteiger partial charge in [-0.3, -0.25) is 0 Å². The van der Waals surface area contributed by atoms with Crippen molar-refractivity contribution in [2.24, 2.45) is 0 Å². The van der Waals surface area contributed by atoms with Crippen LogP contribution in [0.5, 0.6) is 0 Å². The second kappa shape index (κ2) is 14.4. The summed E-state index contributed by atoms with van der Waals surface area (Å²) in [7, 11) is 0. The van der Waals surface area contributed by atoms with Crippen LogP contribution in [0.2, 0.25) is 0 Å². The zero-order valence-electron chi connectivity index (χ0n) is 36.3. The first kappa shape index (κ1) is 37.4. The number of hydrogen-bond donors (Lipinski definition) is 0. The topological polar surface area (TPSA) is 8.17 Å². The Morgan fingerprint density at radius 2 is 0.769 bits per heavy atom. The molecule has 0 spiro atoms. The summed E-state index contributed by atoms with van der Waals surface area (Å²) in [6, 6.07) is 85.1. The first-order chi connectivity index (χ1) is 32.0. The van der Waals surface area contributed by atoms with Crippen LogP contribution in [0.15, 0.2) is 231 Å². The predicted octanol–water partition coefficient (Wildman–Crippen LogP) is 17.4. The molecule has 65 heavy (non-hydrogen) atoms. The molecule has 0 saturated heterocycles. The molecule has 0 radical (unpaired) electrons. The first-order valence-electron chi connectivity index (χ1n) is 22.7. The Hall–Kier alpha value is -8.20. The van der Waals surface area contributed by atoms with Gasteiger partial charge in [-0.05, 0) is 156 Å². The third kappa shape index (κ3) is 5.81. The lowest BCUT2D eigenvalue weighted by Gasteiger charge is -2.27. The van der Waals surface area contributed by atoms with Gasteiger partial charge in [-0.25, -0.2) is 0 Å². The van der Waals surface area contributed by atoms with Crippen LogP contribution in [0, 0.1) is 0 Å². The molecule has 0 fully saturated rings. The van der Waals surface area contributed by atoms with Gasteiger partial charge in [0.2, 0.25) is 0 Å². The van der Waals surface area contributed by atoms with Crippen molar-refractivity contribution in [1.29, 1.82) is 0 Å². The van der Waals surface area contributed by atoms with Crippen LogP contribution in [0.3, 0.4) is 0 Å². The monoisotopic (exact) mass is 828 g/mol. The van der Waals surface area contributed by atoms with Crippen LogP contribution in [0.1, 0.15) is 25.0 Å². The third-order valence-corrected chi connectivity index (χ3v) is 14.2. The summed E-state index contributed by atoms with van der Waals surface area (Å²) < 4.78 is 2.38. The van der Waals surface area contributed by atoms with Gasteiger partial charge in [0.1, 0.15) is 0 Å². The average molecular weight is 829 g/mol. The molecule has 1 aliphatic carbocycles. The van der Waals surface area contributed by atoms with E-state index >= 15 is 0 Å². The lowest BCUT2D eigenvalue weighted by atomic mass is 9.81. The molecule has 0 atom stereocenters. The Morgan fingerprint density at radius 3 is 1.42 bits per heavy atom. The Morgan fingerprint density at radius 1 is 0.308 bits per heavy atom. The molecule has 1 aromatic heterocycles. The Balaban J connectivity index is 0.950. The molecule has 1 aliphatic rings. The molecule has 0 saturated carbocycles. The lowest BCUT2D eigenvalue weighted by Crippen LogP contribution is -2.15. The second-order valence-corrected chi connectivity index (χ2v) is 18.1. The summed E-state index contributed by atoms with van der Waals surface area (Å²) in [4.78, 5) is 2.42. The number of fused-ring (bicyclic) bond motifs is 12. The summed E-state index contributed by atoms with van der Waals surface area (Å²) in [5.74, 6) is 0. The highest BCUT2D eigenvalue weighted by Crippen LogP contribution is 2.53. The summed E-state index contributed by atoms with van der Waals surface area (Å²) in [5.41, 5.74) is 16.9. The van der Waals surface area contributed by atoms with Gasteiger partial charge >= 0.3 is 0 Å². The number of para-hydroxylation sites is 2. The molecule has 2 nitrogen and oxygen atoms in total. The Bertz CT molecular complexity index is 3820. The van der Waals surface area contributed by atoms with E-state index in [0.29, 0.717) is 0 Å². The standard InChI is InChI=1S/C63H44N2/c1-63(2)59-35-34-48(38-56(59)57-39-54-51-21-11-9-19-49(51)50-20-10-12-22-52(50)55(54)40-60(57)63)64(46-30-25-42(26-31-46)41-15-5-3-6-16-41)47-32-27-43(28-33-47)44-29-36-62-58(37-44)53-23-13-14-24-61(53)65(62)45-17-7-4-8-18-45/h3-40H,1-2H3. The predicted molar refractivity (Wildman–Crippen MR) is 276 cm³/mol. The van der Waals surface area contributed by atoms with Crippen LogP contribution in [0.25, 0.3) is 93.2 Å². The number of benzene rings is 11. The van der Waals surface area contributed by atoms with Crippen molar-refractivity contribution in [1.82, 2.24) is 4.57 Å². The van der Waals surface area contributed by atoms with Crippen molar-refractivity contribution < 1.29 is 0 Å². The van der Waals surface area contributed by atoms with Crippen molar-refractivity contribution in [2.45, 2.75) is 19.3 Å². The molecular formula is C63H44N2. The van der Waals surface area contributed by atoms with Crippen molar-refractivity contribution >= 4 is 71.2 Å². The number of rotatable bonds is 6. The molecule has 11 aromatic carbocycles. The van der Waals surface area contributed by atoms with E-state index in [-0.39, 0.29) is 5.41 Å². The quantitative estimate of drug-likeness (QED) is 0.152. The third-order valence-electron chi connectivity index (χ3n) is 14.2. The molecule has 306 valence electrons. The largest absolute Gasteiger partial charge is 0.310 e. The summed E-state index contributed by atoms with van der Waals surface area (Å²) in [6.45, 7) is 4.78. The van der Waals surface area contributed by atoms with Gasteiger partial charge in [-0.1, -0.05) is 166 Å². The van der Waals surface area contributed by atoms with Crippen LogP contribution < -0.4 is 4.90 Å². The molecule has 0 amide bonds. The van der Waals surface area contributed by atoms with Gasteiger partial charge < -0.3 is 9.47 Å². The number of hydrogen-bond acceptors (Lipinski definition) is 1. The number of nitrogens with zero attached hydrogens (tertiary/aromatic N) is 2. The van der Waals surface area contributed by atoms with E-state index in [4.69, 9.17) is 0 Å². The normalized spacial score (nSPS) is 12.9. The highest BCUT2D eigenvalue weighted by molar-refractivity contribution is 6.26. The molecule has 0 aliphatic heterocycles. The molecule has 0 N–H and O–H groups in total. The fourth-order valence-electron chi connectivity index (χ4n) is 11.0. The van der Waals surface area contributed by atoms with E-state index in [1.54, 1.807) is 0 Å². The Labute approximate surface area is 378 Å². The minimum Gasteiger partial charge on any atom is -0.310 e. The minimum absolute atomic E-state index is 0.164. The maximum Gasteiger partial charge on any atom is 0.0541 e. The second-order valence-electron chi connectivity index (χ2n) is 18.1. The van der Waals surface area contributed by atoms with E-state index in [2.05, 4.69) is 254 Å². The molecule has 0 bridgehead atoms. The van der Waals surface area contributed by atoms with Crippen LogP contribution in [0.4, 0.5) is 17.1 Å². The van der Waals surface area contributed by atoms with Crippen LogP contribution in [-0.2, 0) is 5.41 Å². The average Bonchev–Trinajstić information content (AvgIpc) is 3.81. The number of anilines is 3. The minimum atomic E-state index is -0.164. The van der Waals surface area contributed by atoms with E-state index in [1.807, 2.05) is 0 Å². The van der Waals surface area contributed by atoms with Gasteiger partial charge in [0, 0.05) is 38.9 Å². The number of aromatic nitrogens is 1. The van der Waals surface area contributed by atoms with Crippen molar-refractivity contribution in [3.05, 3.63) is 242 Å². The van der Waals surface area contributed by atoms with Gasteiger partial charge in [-0.15, -0.1) is 0 Å². The van der Waals surface area contributed by atoms with Gasteiger partial charge in [-0.2, -0.15) is 0 Å². The van der Waals surface area contributed by atoms with E-state index < -0.39 is 0 Å². The zero-order chi connectivity index (χ0) is 43.2. The SMILES string of the molecule is CC1(C)c2ccc(N(c3ccc(-c4ccccc4)cc3)c3ccc(-c4ccc5c(c4)c4ccccc4n5-c4ccccc4)cc3)cc2-c2cc3c4ccccc4c4ccccc4c3cc21. The van der Waals surface area contributed by atoms with E-state index in [1.165, 1.54) is 104 Å². The van der Waals surface area contributed by atoms with E-state index in [9.17, 15) is 0 Å². The fraction of sp³-hybridized carbons (Fsp3) is 0.0476. The zero-order valence-corrected chi connectivity index (χ0v) is 36.3. The fourth-order valence-corrected chi connectivity index (χ4v) is 11.0. The highest BCUT2D eigenvalue weighted by atomic mass is 15.1. The van der Waals surface area contributed by atoms with Crippen LogP contribution in [-0.4, -0.2) is 4.57 Å². The Kier molecular flexibility index (Phi) is 8.29. The van der Waals surface area contributed by atoms with Gasteiger partial charge in [0.05, 0.1) is 11.0 Å². The van der Waals surface area contributed by atoms with Crippen molar-refractivity contribution in [3.63, 3.8) is 0 Å². The smallest absolute Gasteiger partial charge is 0.0541 e. The lowest BCUT2D eigenvalue weighted by molar-refractivity contribution is 0.661. The molecule has 0 unspecified atom stereocenters. The summed E-state index contributed by atoms with van der Waals surface area (Å²) >= 11 is 0. The van der Waals surface area contributed by atoms with Gasteiger partial charge in [0.25, 0.3) is 0 Å². The molecule has 13 rings (SSSR count). The van der Waals surface area contributed by atoms with Crippen molar-refractivity contribution in [2.75, 3.05) is 4.90 Å². The molecular weight excluding hydrogens is 785 g/mol. The van der Waals surface area contributed by atoms with Gasteiger partial charge in [0.15, 0.2) is 0 Å². The first-order valence-corrected chi connectivity index (χ1v) is 22.7. The van der Waals surface area contributed by atoms with E-state index in [0.717, 1.165) is 17.1 Å². The maximum absolute atomic E-state index is 2.49. The molecule has 2 heteroatoms. The van der Waals surface area contributed by atoms with Crippen LogP contribution >= 0.6 is 0 Å².